The van der Waals surface area contributed by atoms with Gasteiger partial charge in [0.25, 0.3) is 0 Å². The van der Waals surface area contributed by atoms with Crippen LogP contribution in [-0.2, 0) is 0 Å². The van der Waals surface area contributed by atoms with E-state index in [1.54, 1.807) is 0 Å². The van der Waals surface area contributed by atoms with E-state index in [0.717, 1.165) is 143 Å². The van der Waals surface area contributed by atoms with Crippen LogP contribution in [0.25, 0.3) is 77.6 Å². The van der Waals surface area contributed by atoms with E-state index in [9.17, 15) is 0 Å². The molecule has 16 nitrogen and oxygen atoms in total. The van der Waals surface area contributed by atoms with Crippen molar-refractivity contribution >= 4 is 33.1 Å². The number of piperazine rings is 2. The Morgan fingerprint density at radius 1 is 0.464 bits per heavy atom. The van der Waals surface area contributed by atoms with Gasteiger partial charge < -0.3 is 19.7 Å². The highest BCUT2D eigenvalue weighted by Gasteiger charge is 2.17. The third-order valence-corrected chi connectivity index (χ3v) is 12.9. The number of pyridine rings is 4. The molecule has 8 aromatic heterocycles. The van der Waals surface area contributed by atoms with Crippen molar-refractivity contribution in [1.29, 1.82) is 0 Å². The number of aromatic nitrogens is 10. The summed E-state index contributed by atoms with van der Waals surface area (Å²) in [6, 6.07) is 28.1. The smallest absolute Gasteiger partial charge is 0.213 e. The van der Waals surface area contributed by atoms with E-state index in [1.165, 1.54) is 0 Å². The predicted octanol–water partition coefficient (Wildman–Crippen LogP) is 6.92. The number of ether oxygens (including phenoxy) is 2. The molecule has 1 N–H and O–H groups in total. The first-order valence-corrected chi connectivity index (χ1v) is 23.5. The molecule has 10 aromatic rings. The highest BCUT2D eigenvalue weighted by molar-refractivity contribution is 5.98. The van der Waals surface area contributed by atoms with Crippen LogP contribution in [-0.4, -0.2) is 150 Å². The van der Waals surface area contributed by atoms with E-state index in [1.807, 2.05) is 144 Å². The Labute approximate surface area is 399 Å². The second-order valence-corrected chi connectivity index (χ2v) is 17.3. The molecule has 2 aromatic carbocycles. The molecule has 2 aliphatic heterocycles. The molecule has 10 heterocycles. The lowest BCUT2D eigenvalue weighted by Gasteiger charge is -2.32. The highest BCUT2D eigenvalue weighted by atomic mass is 16.5. The van der Waals surface area contributed by atoms with Crippen LogP contribution in [0.1, 0.15) is 0 Å². The first-order valence-electron chi connectivity index (χ1n) is 23.5. The number of nitrogens with one attached hydrogen (secondary N) is 1. The Morgan fingerprint density at radius 2 is 0.942 bits per heavy atom. The molecule has 2 aliphatic rings. The van der Waals surface area contributed by atoms with Gasteiger partial charge in [0.05, 0.1) is 23.4 Å². The number of benzene rings is 2. The minimum Gasteiger partial charge on any atom is -0.476 e. The zero-order chi connectivity index (χ0) is 46.4. The number of nitrogens with zero attached hydrogens (tertiary/aromatic N) is 13. The van der Waals surface area contributed by atoms with Gasteiger partial charge in [-0.3, -0.25) is 19.8 Å². The number of hydrogen-bond acceptors (Lipinski definition) is 14. The number of hydrogen-bond donors (Lipinski definition) is 1. The summed E-state index contributed by atoms with van der Waals surface area (Å²) in [7, 11) is 2.17. The lowest BCUT2D eigenvalue weighted by atomic mass is 10.0. The van der Waals surface area contributed by atoms with E-state index < -0.39 is 0 Å². The summed E-state index contributed by atoms with van der Waals surface area (Å²) in [5.41, 5.74) is 11.5. The molecule has 0 aliphatic carbocycles. The summed E-state index contributed by atoms with van der Waals surface area (Å²) in [5.74, 6) is 1.28. The van der Waals surface area contributed by atoms with Crippen LogP contribution in [0.15, 0.2) is 147 Å². The van der Waals surface area contributed by atoms with Crippen LogP contribution >= 0.6 is 0 Å². The SMILES string of the molecule is CN1CCN(CCOc2ccc(-c3cnc4c(-c5ccnc6ccccc56)cnn4c3)cn2)CC1.c1ccc2c(-c3cnn4cc(-c5ccc(OCCN6CCNCC6)nc5)cnc34)ccnc2c1. The van der Waals surface area contributed by atoms with Gasteiger partial charge in [-0.2, -0.15) is 10.2 Å². The Bertz CT molecular complexity index is 3320. The Balaban J connectivity index is 0.000000151. The maximum Gasteiger partial charge on any atom is 0.213 e. The second kappa shape index (κ2) is 20.2. The molecule has 0 atom stereocenters. The van der Waals surface area contributed by atoms with Crippen molar-refractivity contribution in [3.63, 3.8) is 0 Å². The summed E-state index contributed by atoms with van der Waals surface area (Å²) < 4.78 is 15.4. The van der Waals surface area contributed by atoms with E-state index in [4.69, 9.17) is 19.4 Å². The van der Waals surface area contributed by atoms with Crippen LogP contribution in [0.4, 0.5) is 0 Å². The molecule has 2 fully saturated rings. The molecule has 16 heteroatoms. The molecule has 0 spiro atoms. The van der Waals surface area contributed by atoms with E-state index in [2.05, 4.69) is 69.3 Å². The summed E-state index contributed by atoms with van der Waals surface area (Å²) in [6.45, 7) is 11.8. The van der Waals surface area contributed by atoms with Crippen LogP contribution in [0, 0.1) is 0 Å². The third kappa shape index (κ3) is 9.82. The van der Waals surface area contributed by atoms with Gasteiger partial charge in [0.15, 0.2) is 11.3 Å². The lowest BCUT2D eigenvalue weighted by Crippen LogP contribution is -2.45. The fraction of sp³-hybridized carbons (Fsp3) is 0.245. The topological polar surface area (TPSA) is 152 Å². The lowest BCUT2D eigenvalue weighted by molar-refractivity contribution is 0.132. The fourth-order valence-corrected chi connectivity index (χ4v) is 8.93. The molecule has 0 saturated carbocycles. The van der Waals surface area contributed by atoms with Crippen LogP contribution < -0.4 is 14.8 Å². The molecular weight excluding hydrogens is 865 g/mol. The van der Waals surface area contributed by atoms with E-state index >= 15 is 0 Å². The van der Waals surface area contributed by atoms with Crippen LogP contribution in [0.5, 0.6) is 11.8 Å². The van der Waals surface area contributed by atoms with Crippen molar-refractivity contribution < 1.29 is 9.47 Å². The van der Waals surface area contributed by atoms with Gasteiger partial charge in [-0.25, -0.2) is 29.0 Å². The minimum atomic E-state index is 0.638. The van der Waals surface area contributed by atoms with Gasteiger partial charge in [0.2, 0.25) is 11.8 Å². The summed E-state index contributed by atoms with van der Waals surface area (Å²) in [5, 5.41) is 14.7. The quantitative estimate of drug-likeness (QED) is 0.135. The Kier molecular flexibility index (Phi) is 12.8. The van der Waals surface area contributed by atoms with E-state index in [-0.39, 0.29) is 0 Å². The first-order chi connectivity index (χ1) is 34.1. The number of fused-ring (bicyclic) bond motifs is 4. The predicted molar refractivity (Wildman–Crippen MR) is 268 cm³/mol. The van der Waals surface area contributed by atoms with Crippen molar-refractivity contribution in [2.45, 2.75) is 0 Å². The van der Waals surface area contributed by atoms with Crippen molar-refractivity contribution in [2.24, 2.45) is 0 Å². The normalized spacial score (nSPS) is 14.9. The number of rotatable bonds is 12. The molecule has 0 amide bonds. The fourth-order valence-electron chi connectivity index (χ4n) is 8.93. The van der Waals surface area contributed by atoms with Crippen molar-refractivity contribution in [3.05, 3.63) is 147 Å². The Hall–Kier alpha value is -7.76. The number of para-hydroxylation sites is 2. The van der Waals surface area contributed by atoms with E-state index in [0.29, 0.717) is 25.0 Å². The van der Waals surface area contributed by atoms with Gasteiger partial charge in [0.1, 0.15) is 13.2 Å². The maximum atomic E-state index is 5.88. The number of likely N-dealkylation sites (N-methyl/N-ethyl adjacent to an activating group) is 1. The average molecular weight is 917 g/mol. The first kappa shape index (κ1) is 43.8. The van der Waals surface area contributed by atoms with Crippen molar-refractivity contribution in [2.75, 3.05) is 85.7 Å². The van der Waals surface area contributed by atoms with Gasteiger partial charge in [-0.05, 0) is 54.6 Å². The minimum absolute atomic E-state index is 0.638. The molecule has 0 radical (unpaired) electrons. The maximum absolute atomic E-state index is 5.88. The molecular formula is C53H52N14O2. The van der Waals surface area contributed by atoms with Gasteiger partial charge >= 0.3 is 0 Å². The highest BCUT2D eigenvalue weighted by Crippen LogP contribution is 2.32. The largest absolute Gasteiger partial charge is 0.476 e. The summed E-state index contributed by atoms with van der Waals surface area (Å²) in [6.07, 6.45) is 18.7. The zero-order valence-electron chi connectivity index (χ0n) is 38.5. The van der Waals surface area contributed by atoms with Gasteiger partial charge in [-0.15, -0.1) is 0 Å². The third-order valence-electron chi connectivity index (χ3n) is 12.9. The molecule has 69 heavy (non-hydrogen) atoms. The molecule has 12 rings (SSSR count). The van der Waals surface area contributed by atoms with Crippen molar-refractivity contribution in [1.82, 2.24) is 69.1 Å². The Morgan fingerprint density at radius 3 is 1.43 bits per heavy atom. The van der Waals surface area contributed by atoms with Gasteiger partial charge in [0, 0.05) is 171 Å². The molecule has 2 saturated heterocycles. The summed E-state index contributed by atoms with van der Waals surface area (Å²) >= 11 is 0. The summed E-state index contributed by atoms with van der Waals surface area (Å²) in [4.78, 5) is 34.6. The second-order valence-electron chi connectivity index (χ2n) is 17.3. The molecule has 0 unspecified atom stereocenters. The van der Waals surface area contributed by atoms with Crippen LogP contribution in [0.3, 0.4) is 0 Å². The van der Waals surface area contributed by atoms with Crippen LogP contribution in [0.2, 0.25) is 0 Å². The standard InChI is InChI=1S/C27H27N7O.C26H25N7O/c1-32-10-12-33(13-11-32)14-15-35-26-7-6-20(16-29-26)21-17-30-27-24(18-31-34(27)19-21)22-8-9-28-25-5-3-2-4-23(22)25;1-2-4-24-22(3-1)21(7-8-28-24)23-17-31-33-18-20(16-30-26(23)33)19-5-6-25(29-15-19)34-14-13-32-11-9-27-10-12-32/h2-9,16-19H,10-15H2,1H3;1-8,15-18,27H,9-14H2. The van der Waals surface area contributed by atoms with Gasteiger partial charge in [-0.1, -0.05) is 36.4 Å². The molecule has 346 valence electrons. The zero-order valence-corrected chi connectivity index (χ0v) is 38.5. The van der Waals surface area contributed by atoms with Crippen molar-refractivity contribution in [3.8, 4) is 56.3 Å². The molecule has 0 bridgehead atoms. The average Bonchev–Trinajstić information content (AvgIpc) is 4.04. The monoisotopic (exact) mass is 916 g/mol.